The second-order valence-electron chi connectivity index (χ2n) is 24.3. The summed E-state index contributed by atoms with van der Waals surface area (Å²) in [5.74, 6) is 11.8. The Morgan fingerprint density at radius 3 is 0.588 bits per heavy atom. The smallest absolute Gasteiger partial charge is 0.203 e. The Morgan fingerprint density at radius 2 is 0.373 bits per heavy atom. The number of hydrogen-bond donors (Lipinski definition) is 0. The molecule has 0 heterocycles. The Balaban J connectivity index is 1.28. The largest absolute Gasteiger partial charge is 0.496 e. The van der Waals surface area contributed by atoms with E-state index in [4.69, 9.17) is 94.7 Å². The van der Waals surface area contributed by atoms with Crippen LogP contribution in [0.25, 0.3) is 0 Å². The highest BCUT2D eigenvalue weighted by molar-refractivity contribution is 5.60. The molecule has 2 atom stereocenters. The van der Waals surface area contributed by atoms with Crippen molar-refractivity contribution in [3.63, 3.8) is 0 Å². The van der Waals surface area contributed by atoms with Gasteiger partial charge >= 0.3 is 0 Å². The first-order chi connectivity index (χ1) is 49.6. The van der Waals surface area contributed by atoms with E-state index in [-0.39, 0.29) is 11.8 Å². The van der Waals surface area contributed by atoms with Gasteiger partial charge in [0.1, 0.15) is 46.0 Å². The summed E-state index contributed by atoms with van der Waals surface area (Å²) in [6, 6.07) is 33.0. The highest BCUT2D eigenvalue weighted by Crippen LogP contribution is 2.48. The van der Waals surface area contributed by atoms with Crippen LogP contribution in [0.15, 0.2) is 97.1 Å². The lowest BCUT2D eigenvalue weighted by Gasteiger charge is -2.31. The molecule has 20 heteroatoms. The number of aryl methyl sites for hydroxylation is 5. The Hall–Kier alpha value is -10.2. The molecule has 8 aromatic rings. The van der Waals surface area contributed by atoms with Crippen molar-refractivity contribution in [2.24, 2.45) is 5.92 Å². The summed E-state index contributed by atoms with van der Waals surface area (Å²) in [6.45, 7) is 0. The van der Waals surface area contributed by atoms with Crippen LogP contribution >= 0.6 is 0 Å². The van der Waals surface area contributed by atoms with Crippen LogP contribution in [0.4, 0.5) is 0 Å². The van der Waals surface area contributed by atoms with Gasteiger partial charge < -0.3 is 94.7 Å². The minimum absolute atomic E-state index is 0.127. The maximum Gasteiger partial charge on any atom is 0.203 e. The number of methoxy groups -OCH3 is 20. The monoisotopic (exact) mass is 1410 g/mol. The summed E-state index contributed by atoms with van der Waals surface area (Å²) in [6.07, 6.45) is 7.13. The van der Waals surface area contributed by atoms with Crippen LogP contribution in [0, 0.1) is 5.92 Å². The van der Waals surface area contributed by atoms with Crippen LogP contribution in [-0.2, 0) is 70.6 Å². The second-order valence-corrected chi connectivity index (χ2v) is 24.3. The third-order valence-corrected chi connectivity index (χ3v) is 18.9. The van der Waals surface area contributed by atoms with E-state index in [2.05, 4.69) is 48.5 Å². The summed E-state index contributed by atoms with van der Waals surface area (Å²) in [5.41, 5.74) is 11.6. The molecule has 0 bridgehead atoms. The van der Waals surface area contributed by atoms with E-state index in [0.29, 0.717) is 192 Å². The van der Waals surface area contributed by atoms with E-state index >= 15 is 0 Å². The van der Waals surface area contributed by atoms with Gasteiger partial charge in [0.05, 0.1) is 142 Å². The molecule has 0 fully saturated rings. The zero-order valence-electron chi connectivity index (χ0n) is 63.0. The van der Waals surface area contributed by atoms with E-state index < -0.39 is 0 Å². The number of benzene rings is 8. The van der Waals surface area contributed by atoms with Gasteiger partial charge in [-0.1, -0.05) is 0 Å². The Bertz CT molecular complexity index is 3890. The molecular formula is C82H102O20. The third-order valence-electron chi connectivity index (χ3n) is 18.9. The predicted octanol–water partition coefficient (Wildman–Crippen LogP) is 14.8. The topological polar surface area (TPSA) is 185 Å². The summed E-state index contributed by atoms with van der Waals surface area (Å²) >= 11 is 0. The van der Waals surface area contributed by atoms with E-state index in [1.165, 1.54) is 0 Å². The summed E-state index contributed by atoms with van der Waals surface area (Å²) in [5, 5.41) is 0. The predicted molar refractivity (Wildman–Crippen MR) is 394 cm³/mol. The van der Waals surface area contributed by atoms with Gasteiger partial charge in [-0.15, -0.1) is 0 Å². The maximum absolute atomic E-state index is 6.46. The molecular weight excluding hydrogens is 1300 g/mol. The molecule has 102 heavy (non-hydrogen) atoms. The van der Waals surface area contributed by atoms with Gasteiger partial charge in [-0.05, 0) is 230 Å². The van der Waals surface area contributed by atoms with Gasteiger partial charge in [-0.25, -0.2) is 0 Å². The highest BCUT2D eigenvalue weighted by Gasteiger charge is 2.31. The van der Waals surface area contributed by atoms with Crippen molar-refractivity contribution in [1.82, 2.24) is 0 Å². The quantitative estimate of drug-likeness (QED) is 0.0352. The fourth-order valence-electron chi connectivity index (χ4n) is 13.8. The minimum Gasteiger partial charge on any atom is -0.496 e. The molecule has 0 aromatic heterocycles. The first-order valence-corrected chi connectivity index (χ1v) is 33.7. The van der Waals surface area contributed by atoms with Crippen molar-refractivity contribution in [3.05, 3.63) is 164 Å². The Labute approximate surface area is 602 Å². The van der Waals surface area contributed by atoms with Gasteiger partial charge in [0.15, 0.2) is 46.0 Å². The van der Waals surface area contributed by atoms with Gasteiger partial charge in [0.25, 0.3) is 0 Å². The number of rotatable bonds is 41. The fourth-order valence-corrected chi connectivity index (χ4v) is 13.8. The van der Waals surface area contributed by atoms with E-state index in [1.807, 2.05) is 48.5 Å². The first-order valence-electron chi connectivity index (χ1n) is 33.7. The van der Waals surface area contributed by atoms with Gasteiger partial charge in [-0.3, -0.25) is 0 Å². The minimum atomic E-state index is -0.241. The van der Waals surface area contributed by atoms with Gasteiger partial charge in [0, 0.05) is 22.3 Å². The third kappa shape index (κ3) is 17.9. The first kappa shape index (κ1) is 77.5. The van der Waals surface area contributed by atoms with Crippen molar-refractivity contribution in [3.8, 4) is 115 Å². The van der Waals surface area contributed by atoms with E-state index in [9.17, 15) is 0 Å². The number of hydrogen-bond acceptors (Lipinski definition) is 20. The standard InChI is InChI=1S/C82H102O20/c1-83-63-33-49(34-64(84-2)58(63)27-22-50-35-71(91-9)79(99-17)72(36-50)92-10)21-26-56(31-54-43-65(85-3)59(66(44-54)86-4)28-23-51-37-73(93-11)80(100-18)74(38-51)94-12)62(57-47-69(89-7)61(70(48-57)90-8)30-25-53-41-77(97-15)82(102-20)78(42-53)98-16)32-55-45-67(87-5)60(68(46-55)88-6)29-24-52-39-75(95-13)81(101-19)76(40-52)96-14/h33-48,56,62H,21-32H2,1-20H3/t56-,62-/m0/s1. The van der Waals surface area contributed by atoms with Crippen LogP contribution in [-0.4, -0.2) is 142 Å². The fraction of sp³-hybridized carbons (Fsp3) is 0.415. The summed E-state index contributed by atoms with van der Waals surface area (Å²) in [4.78, 5) is 0. The molecule has 8 rings (SSSR count). The molecule has 0 saturated carbocycles. The second kappa shape index (κ2) is 37.4. The van der Waals surface area contributed by atoms with Crippen molar-refractivity contribution in [2.45, 2.75) is 83.0 Å². The molecule has 8 aromatic carbocycles. The molecule has 0 amide bonds. The lowest BCUT2D eigenvalue weighted by atomic mass is 9.75. The molecule has 0 spiro atoms. The number of ether oxygens (including phenoxy) is 20. The SMILES string of the molecule is COc1cc(CC[C@@H](Cc2cc(OC)c(CCc3cc(OC)c(OC)c(OC)c3)c(OC)c2)[C@H](Cc2cc(OC)c(CCc3cc(OC)c(OC)c(OC)c3)c(OC)c2)c2cc(OC)c(CCc3cc(OC)c(OC)c(OC)c3)c(OC)c2)cc(OC)c1CCc1cc(OC)c(OC)c(OC)c1. The average Bonchev–Trinajstić information content (AvgIpc) is 0.719. The normalized spacial score (nSPS) is 11.5. The summed E-state index contributed by atoms with van der Waals surface area (Å²) < 4.78 is 120. The van der Waals surface area contributed by atoms with E-state index in [1.54, 1.807) is 142 Å². The molecule has 20 nitrogen and oxygen atoms in total. The van der Waals surface area contributed by atoms with Crippen LogP contribution < -0.4 is 94.7 Å². The van der Waals surface area contributed by atoms with Crippen LogP contribution in [0.1, 0.15) is 79.1 Å². The molecule has 0 saturated heterocycles. The van der Waals surface area contributed by atoms with Crippen molar-refractivity contribution in [1.29, 1.82) is 0 Å². The van der Waals surface area contributed by atoms with Crippen LogP contribution in [0.5, 0.6) is 115 Å². The molecule has 0 N–H and O–H groups in total. The van der Waals surface area contributed by atoms with Gasteiger partial charge in [0.2, 0.25) is 23.0 Å². The molecule has 0 aliphatic rings. The molecule has 0 unspecified atom stereocenters. The Kier molecular flexibility index (Phi) is 28.4. The lowest BCUT2D eigenvalue weighted by Crippen LogP contribution is -2.20. The molecule has 550 valence electrons. The maximum atomic E-state index is 6.46. The average molecular weight is 1410 g/mol. The Morgan fingerprint density at radius 1 is 0.186 bits per heavy atom. The van der Waals surface area contributed by atoms with Crippen molar-refractivity contribution in [2.75, 3.05) is 142 Å². The highest BCUT2D eigenvalue weighted by atomic mass is 16.6. The zero-order chi connectivity index (χ0) is 73.6. The van der Waals surface area contributed by atoms with Crippen molar-refractivity contribution >= 4 is 0 Å². The molecule has 0 radical (unpaired) electrons. The summed E-state index contributed by atoms with van der Waals surface area (Å²) in [7, 11) is 32.9. The van der Waals surface area contributed by atoms with Crippen LogP contribution in [0.3, 0.4) is 0 Å². The van der Waals surface area contributed by atoms with Crippen LogP contribution in [0.2, 0.25) is 0 Å². The van der Waals surface area contributed by atoms with E-state index in [0.717, 1.165) is 66.8 Å². The molecule has 0 aliphatic carbocycles. The van der Waals surface area contributed by atoms with Crippen molar-refractivity contribution < 1.29 is 94.7 Å². The zero-order valence-corrected chi connectivity index (χ0v) is 63.0. The van der Waals surface area contributed by atoms with Gasteiger partial charge in [-0.2, -0.15) is 0 Å². The lowest BCUT2D eigenvalue weighted by molar-refractivity contribution is 0.323. The molecule has 0 aliphatic heterocycles.